The minimum absolute atomic E-state index is 0.118. The molecule has 2 aromatic rings. The first-order valence-corrected chi connectivity index (χ1v) is 5.99. The second kappa shape index (κ2) is 4.99. The van der Waals surface area contributed by atoms with Crippen LogP contribution in [0.2, 0.25) is 0 Å². The highest BCUT2D eigenvalue weighted by molar-refractivity contribution is 5.56. The summed E-state index contributed by atoms with van der Waals surface area (Å²) in [5.41, 5.74) is 12.9. The molecule has 0 aliphatic heterocycles. The van der Waals surface area contributed by atoms with Gasteiger partial charge in [0.05, 0.1) is 5.69 Å². The maximum absolute atomic E-state index is 5.58. The number of anilines is 2. The van der Waals surface area contributed by atoms with Gasteiger partial charge in [0, 0.05) is 6.42 Å². The van der Waals surface area contributed by atoms with Gasteiger partial charge in [-0.1, -0.05) is 20.3 Å². The molecule has 0 aliphatic rings. The maximum atomic E-state index is 5.58. The first-order chi connectivity index (χ1) is 8.63. The SMILES string of the molecule is CCCc1nc(CC)[nH]c1-c1nc(N)nc(N)n1. The van der Waals surface area contributed by atoms with Crippen LogP contribution in [0.3, 0.4) is 0 Å². The Morgan fingerprint density at radius 1 is 1.00 bits per heavy atom. The lowest BCUT2D eigenvalue weighted by Gasteiger charge is -2.02. The van der Waals surface area contributed by atoms with Crippen molar-refractivity contribution in [2.75, 3.05) is 11.5 Å². The van der Waals surface area contributed by atoms with E-state index in [4.69, 9.17) is 11.5 Å². The normalized spacial score (nSPS) is 10.8. The molecule has 0 saturated carbocycles. The van der Waals surface area contributed by atoms with Crippen LogP contribution >= 0.6 is 0 Å². The summed E-state index contributed by atoms with van der Waals surface area (Å²) < 4.78 is 0. The molecule has 0 bridgehead atoms. The Bertz CT molecular complexity index is 526. The summed E-state index contributed by atoms with van der Waals surface area (Å²) in [6, 6.07) is 0. The lowest BCUT2D eigenvalue weighted by Crippen LogP contribution is -2.05. The van der Waals surface area contributed by atoms with E-state index in [1.165, 1.54) is 0 Å². The van der Waals surface area contributed by atoms with Crippen molar-refractivity contribution in [3.8, 4) is 11.5 Å². The zero-order valence-corrected chi connectivity index (χ0v) is 10.6. The number of nitrogens with zero attached hydrogens (tertiary/aromatic N) is 4. The number of nitrogens with two attached hydrogens (primary N) is 2. The van der Waals surface area contributed by atoms with Crippen molar-refractivity contribution >= 4 is 11.9 Å². The van der Waals surface area contributed by atoms with Gasteiger partial charge in [-0.05, 0) is 6.42 Å². The Hall–Kier alpha value is -2.18. The van der Waals surface area contributed by atoms with Crippen LogP contribution in [0.15, 0.2) is 0 Å². The predicted octanol–water partition coefficient (Wildman–Crippen LogP) is 0.941. The fraction of sp³-hybridized carbons (Fsp3) is 0.455. The molecular formula is C11H17N7. The average molecular weight is 247 g/mol. The summed E-state index contributed by atoms with van der Waals surface area (Å²) in [4.78, 5) is 19.7. The lowest BCUT2D eigenvalue weighted by molar-refractivity contribution is 0.878. The first-order valence-electron chi connectivity index (χ1n) is 5.99. The zero-order chi connectivity index (χ0) is 13.1. The van der Waals surface area contributed by atoms with Crippen molar-refractivity contribution in [2.45, 2.75) is 33.1 Å². The molecule has 0 atom stereocenters. The highest BCUT2D eigenvalue weighted by Gasteiger charge is 2.14. The van der Waals surface area contributed by atoms with Crippen LogP contribution in [0, 0.1) is 0 Å². The molecule has 0 spiro atoms. The van der Waals surface area contributed by atoms with Gasteiger partial charge in [0.25, 0.3) is 0 Å². The summed E-state index contributed by atoms with van der Waals surface area (Å²) in [6.07, 6.45) is 2.68. The van der Waals surface area contributed by atoms with Crippen molar-refractivity contribution in [1.29, 1.82) is 0 Å². The van der Waals surface area contributed by atoms with Gasteiger partial charge in [0.2, 0.25) is 11.9 Å². The van der Waals surface area contributed by atoms with Crippen LogP contribution in [0.4, 0.5) is 11.9 Å². The number of nitrogens with one attached hydrogen (secondary N) is 1. The Morgan fingerprint density at radius 2 is 1.67 bits per heavy atom. The molecule has 0 aromatic carbocycles. The minimum atomic E-state index is 0.118. The topological polar surface area (TPSA) is 119 Å². The van der Waals surface area contributed by atoms with Gasteiger partial charge in [0.1, 0.15) is 11.5 Å². The lowest BCUT2D eigenvalue weighted by atomic mass is 10.2. The molecule has 5 N–H and O–H groups in total. The number of H-pyrrole nitrogens is 1. The molecule has 7 heteroatoms. The minimum Gasteiger partial charge on any atom is -0.368 e. The zero-order valence-electron chi connectivity index (χ0n) is 10.6. The number of imidazole rings is 1. The van der Waals surface area contributed by atoms with E-state index >= 15 is 0 Å². The molecule has 0 unspecified atom stereocenters. The van der Waals surface area contributed by atoms with Crippen molar-refractivity contribution in [2.24, 2.45) is 0 Å². The van der Waals surface area contributed by atoms with Crippen LogP contribution in [0.1, 0.15) is 31.8 Å². The van der Waals surface area contributed by atoms with E-state index < -0.39 is 0 Å². The summed E-state index contributed by atoms with van der Waals surface area (Å²) in [5, 5.41) is 0. The van der Waals surface area contributed by atoms with E-state index in [-0.39, 0.29) is 11.9 Å². The van der Waals surface area contributed by atoms with Crippen LogP contribution in [0.5, 0.6) is 0 Å². The van der Waals surface area contributed by atoms with Gasteiger partial charge < -0.3 is 16.5 Å². The Morgan fingerprint density at radius 3 is 2.22 bits per heavy atom. The van der Waals surface area contributed by atoms with Gasteiger partial charge in [-0.15, -0.1) is 0 Å². The number of aromatic amines is 1. The monoisotopic (exact) mass is 247 g/mol. The maximum Gasteiger partial charge on any atom is 0.225 e. The number of rotatable bonds is 4. The van der Waals surface area contributed by atoms with Crippen LogP contribution < -0.4 is 11.5 Å². The number of aromatic nitrogens is 5. The number of hydrogen-bond donors (Lipinski definition) is 3. The van der Waals surface area contributed by atoms with Gasteiger partial charge >= 0.3 is 0 Å². The molecule has 2 rings (SSSR count). The van der Waals surface area contributed by atoms with Gasteiger partial charge in [-0.2, -0.15) is 15.0 Å². The van der Waals surface area contributed by atoms with Crippen molar-refractivity contribution < 1.29 is 0 Å². The van der Waals surface area contributed by atoms with Crippen LogP contribution in [-0.2, 0) is 12.8 Å². The number of hydrogen-bond acceptors (Lipinski definition) is 6. The second-order valence-corrected chi connectivity index (χ2v) is 3.98. The molecule has 0 radical (unpaired) electrons. The third-order valence-electron chi connectivity index (χ3n) is 2.54. The summed E-state index contributed by atoms with van der Waals surface area (Å²) in [7, 11) is 0. The highest BCUT2D eigenvalue weighted by Crippen LogP contribution is 2.20. The molecule has 0 amide bonds. The quantitative estimate of drug-likeness (QED) is 0.739. The first kappa shape index (κ1) is 12.3. The van der Waals surface area contributed by atoms with Crippen molar-refractivity contribution in [3.05, 3.63) is 11.5 Å². The van der Waals surface area contributed by atoms with E-state index in [0.29, 0.717) is 5.82 Å². The highest BCUT2D eigenvalue weighted by atomic mass is 15.2. The Balaban J connectivity index is 2.50. The molecule has 0 fully saturated rings. The number of aryl methyl sites for hydroxylation is 2. The van der Waals surface area contributed by atoms with Gasteiger partial charge in [0.15, 0.2) is 5.82 Å². The Kier molecular flexibility index (Phi) is 3.40. The second-order valence-electron chi connectivity index (χ2n) is 3.98. The molecule has 2 aromatic heterocycles. The molecular weight excluding hydrogens is 230 g/mol. The fourth-order valence-corrected chi connectivity index (χ4v) is 1.75. The van der Waals surface area contributed by atoms with Crippen molar-refractivity contribution in [1.82, 2.24) is 24.9 Å². The number of nitrogen functional groups attached to an aromatic ring is 2. The largest absolute Gasteiger partial charge is 0.368 e. The molecule has 96 valence electrons. The fourth-order valence-electron chi connectivity index (χ4n) is 1.75. The molecule has 0 saturated heterocycles. The van der Waals surface area contributed by atoms with Crippen molar-refractivity contribution in [3.63, 3.8) is 0 Å². The van der Waals surface area contributed by atoms with E-state index in [0.717, 1.165) is 36.5 Å². The molecule has 2 heterocycles. The summed E-state index contributed by atoms with van der Waals surface area (Å²) >= 11 is 0. The molecule has 7 nitrogen and oxygen atoms in total. The van der Waals surface area contributed by atoms with Gasteiger partial charge in [-0.3, -0.25) is 0 Å². The van der Waals surface area contributed by atoms with E-state index in [2.05, 4.69) is 31.8 Å². The van der Waals surface area contributed by atoms with Gasteiger partial charge in [-0.25, -0.2) is 4.98 Å². The molecule has 18 heavy (non-hydrogen) atoms. The smallest absolute Gasteiger partial charge is 0.225 e. The third-order valence-corrected chi connectivity index (χ3v) is 2.54. The third kappa shape index (κ3) is 2.39. The standard InChI is InChI=1S/C11H17N7/c1-3-5-6-8(15-7(4-2)14-6)9-16-10(12)18-11(13)17-9/h3-5H2,1-2H3,(H,14,15)(H4,12,13,16,17,18). The summed E-state index contributed by atoms with van der Waals surface area (Å²) in [6.45, 7) is 4.13. The summed E-state index contributed by atoms with van der Waals surface area (Å²) in [5.74, 6) is 1.60. The van der Waals surface area contributed by atoms with Crippen LogP contribution in [-0.4, -0.2) is 24.9 Å². The predicted molar refractivity (Wildman–Crippen MR) is 69.6 cm³/mol. The average Bonchev–Trinajstić information content (AvgIpc) is 2.71. The van der Waals surface area contributed by atoms with E-state index in [1.54, 1.807) is 0 Å². The van der Waals surface area contributed by atoms with Crippen LogP contribution in [0.25, 0.3) is 11.5 Å². The Labute approximate surface area is 105 Å². The van der Waals surface area contributed by atoms with E-state index in [9.17, 15) is 0 Å². The van der Waals surface area contributed by atoms with E-state index in [1.807, 2.05) is 6.92 Å². The molecule has 0 aliphatic carbocycles.